The third-order valence-corrected chi connectivity index (χ3v) is 5.05. The molecule has 1 fully saturated rings. The van der Waals surface area contributed by atoms with Gasteiger partial charge in [0.15, 0.2) is 11.5 Å². The summed E-state index contributed by atoms with van der Waals surface area (Å²) in [6.07, 6.45) is 1.39. The fourth-order valence-corrected chi connectivity index (χ4v) is 3.16. The first-order chi connectivity index (χ1) is 11.0. The van der Waals surface area contributed by atoms with Crippen molar-refractivity contribution >= 4 is 15.9 Å². The SMILES string of the molecule is C[C@@H](OCC1CC1)C(=O)NS(=O)(=O)c1ccc2c(c1)OCCO2. The molecule has 0 spiro atoms. The highest BCUT2D eigenvalue weighted by Gasteiger charge is 2.27. The summed E-state index contributed by atoms with van der Waals surface area (Å²) in [7, 11) is -3.98. The second-order valence-corrected chi connectivity index (χ2v) is 7.38. The molecule has 1 aliphatic heterocycles. The number of benzene rings is 1. The number of sulfonamides is 1. The maximum Gasteiger partial charge on any atom is 0.264 e. The van der Waals surface area contributed by atoms with E-state index >= 15 is 0 Å². The van der Waals surface area contributed by atoms with Gasteiger partial charge < -0.3 is 14.2 Å². The van der Waals surface area contributed by atoms with Crippen molar-refractivity contribution in [3.8, 4) is 11.5 Å². The number of ether oxygens (including phenoxy) is 3. The van der Waals surface area contributed by atoms with Crippen molar-refractivity contribution in [2.45, 2.75) is 30.8 Å². The lowest BCUT2D eigenvalue weighted by Crippen LogP contribution is -2.38. The molecule has 1 saturated carbocycles. The van der Waals surface area contributed by atoms with Crippen molar-refractivity contribution in [3.63, 3.8) is 0 Å². The van der Waals surface area contributed by atoms with Crippen molar-refractivity contribution in [3.05, 3.63) is 18.2 Å². The summed E-state index contributed by atoms with van der Waals surface area (Å²) in [5.41, 5.74) is 0. The number of rotatable bonds is 6. The number of hydrogen-bond donors (Lipinski definition) is 1. The summed E-state index contributed by atoms with van der Waals surface area (Å²) < 4.78 is 42.7. The number of carbonyl (C=O) groups is 1. The fourth-order valence-electron chi connectivity index (χ4n) is 2.11. The van der Waals surface area contributed by atoms with E-state index in [1.807, 2.05) is 4.72 Å². The van der Waals surface area contributed by atoms with Gasteiger partial charge in [-0.2, -0.15) is 0 Å². The van der Waals surface area contributed by atoms with Gasteiger partial charge in [-0.3, -0.25) is 4.79 Å². The van der Waals surface area contributed by atoms with Gasteiger partial charge in [-0.25, -0.2) is 13.1 Å². The Hall–Kier alpha value is -1.80. The Labute approximate surface area is 135 Å². The molecule has 2 aliphatic rings. The van der Waals surface area contributed by atoms with Gasteiger partial charge in [-0.1, -0.05) is 0 Å². The minimum Gasteiger partial charge on any atom is -0.486 e. The zero-order valence-corrected chi connectivity index (χ0v) is 13.6. The van der Waals surface area contributed by atoms with E-state index in [4.69, 9.17) is 14.2 Å². The Morgan fingerprint density at radius 3 is 2.70 bits per heavy atom. The predicted octanol–water partition coefficient (Wildman–Crippen LogP) is 1.08. The van der Waals surface area contributed by atoms with Crippen molar-refractivity contribution < 1.29 is 27.4 Å². The Kier molecular flexibility index (Phi) is 4.45. The highest BCUT2D eigenvalue weighted by atomic mass is 32.2. The standard InChI is InChI=1S/C15H19NO6S/c1-10(22-9-11-2-3-11)15(17)16-23(18,19)12-4-5-13-14(8-12)21-7-6-20-13/h4-5,8,10-11H,2-3,6-7,9H2,1H3,(H,16,17)/t10-/m1/s1. The summed E-state index contributed by atoms with van der Waals surface area (Å²) in [6, 6.07) is 4.24. The molecule has 3 rings (SSSR count). The van der Waals surface area contributed by atoms with Crippen LogP contribution in [0.3, 0.4) is 0 Å². The van der Waals surface area contributed by atoms with E-state index < -0.39 is 22.0 Å². The molecular formula is C15H19NO6S. The highest BCUT2D eigenvalue weighted by Crippen LogP contribution is 2.32. The minimum atomic E-state index is -3.98. The smallest absolute Gasteiger partial charge is 0.264 e. The third-order valence-electron chi connectivity index (χ3n) is 3.71. The van der Waals surface area contributed by atoms with Gasteiger partial charge in [-0.05, 0) is 37.8 Å². The molecule has 1 aromatic carbocycles. The lowest BCUT2D eigenvalue weighted by atomic mass is 10.3. The topological polar surface area (TPSA) is 90.9 Å². The zero-order chi connectivity index (χ0) is 16.4. The molecule has 7 nitrogen and oxygen atoms in total. The van der Waals surface area contributed by atoms with Crippen LogP contribution in [0.2, 0.25) is 0 Å². The van der Waals surface area contributed by atoms with E-state index in [0.717, 1.165) is 12.8 Å². The maximum atomic E-state index is 12.3. The molecule has 1 amide bonds. The van der Waals surface area contributed by atoms with E-state index in [2.05, 4.69) is 0 Å². The minimum absolute atomic E-state index is 0.0514. The molecule has 0 unspecified atom stereocenters. The van der Waals surface area contributed by atoms with Crippen LogP contribution in [0.25, 0.3) is 0 Å². The molecule has 1 N–H and O–H groups in total. The summed E-state index contributed by atoms with van der Waals surface area (Å²) in [5.74, 6) is 0.660. The van der Waals surface area contributed by atoms with Crippen molar-refractivity contribution in [1.82, 2.24) is 4.72 Å². The van der Waals surface area contributed by atoms with E-state index in [9.17, 15) is 13.2 Å². The summed E-state index contributed by atoms with van der Waals surface area (Å²) in [4.78, 5) is 11.9. The second kappa shape index (κ2) is 6.37. The molecule has 23 heavy (non-hydrogen) atoms. The lowest BCUT2D eigenvalue weighted by molar-refractivity contribution is -0.130. The molecule has 1 heterocycles. The normalized spacial score (nSPS) is 18.3. The van der Waals surface area contributed by atoms with Gasteiger partial charge in [-0.15, -0.1) is 0 Å². The van der Waals surface area contributed by atoms with Crippen LogP contribution in [0.5, 0.6) is 11.5 Å². The van der Waals surface area contributed by atoms with E-state index in [0.29, 0.717) is 37.2 Å². The van der Waals surface area contributed by atoms with Crippen LogP contribution < -0.4 is 14.2 Å². The number of amides is 1. The van der Waals surface area contributed by atoms with Crippen molar-refractivity contribution in [2.24, 2.45) is 5.92 Å². The highest BCUT2D eigenvalue weighted by molar-refractivity contribution is 7.90. The van der Waals surface area contributed by atoms with E-state index in [-0.39, 0.29) is 4.90 Å². The summed E-state index contributed by atoms with van der Waals surface area (Å²) in [6.45, 7) is 2.80. The molecule has 126 valence electrons. The van der Waals surface area contributed by atoms with Gasteiger partial charge in [0, 0.05) is 6.07 Å². The fraction of sp³-hybridized carbons (Fsp3) is 0.533. The Morgan fingerprint density at radius 1 is 1.30 bits per heavy atom. The van der Waals surface area contributed by atoms with E-state index in [1.165, 1.54) is 25.1 Å². The van der Waals surface area contributed by atoms with Crippen LogP contribution in [0.1, 0.15) is 19.8 Å². The average Bonchev–Trinajstić information content (AvgIpc) is 3.36. The molecule has 8 heteroatoms. The quantitative estimate of drug-likeness (QED) is 0.832. The molecule has 0 saturated heterocycles. The number of nitrogens with one attached hydrogen (secondary N) is 1. The number of hydrogen-bond acceptors (Lipinski definition) is 6. The second-order valence-electron chi connectivity index (χ2n) is 5.69. The van der Waals surface area contributed by atoms with Crippen LogP contribution in [-0.2, 0) is 19.6 Å². The molecule has 0 aromatic heterocycles. The first kappa shape index (κ1) is 16.1. The van der Waals surface area contributed by atoms with Gasteiger partial charge >= 0.3 is 0 Å². The lowest BCUT2D eigenvalue weighted by Gasteiger charge is -2.19. The Morgan fingerprint density at radius 2 is 2.00 bits per heavy atom. The van der Waals surface area contributed by atoms with E-state index in [1.54, 1.807) is 0 Å². The molecule has 1 atom stereocenters. The van der Waals surface area contributed by atoms with Crippen molar-refractivity contribution in [2.75, 3.05) is 19.8 Å². The van der Waals surface area contributed by atoms with Crippen LogP contribution in [0.4, 0.5) is 0 Å². The molecule has 1 aliphatic carbocycles. The monoisotopic (exact) mass is 341 g/mol. The Bertz CT molecular complexity index is 698. The molecular weight excluding hydrogens is 322 g/mol. The summed E-state index contributed by atoms with van der Waals surface area (Å²) >= 11 is 0. The third kappa shape index (κ3) is 3.94. The first-order valence-electron chi connectivity index (χ1n) is 7.53. The van der Waals surface area contributed by atoms with Crippen LogP contribution in [0, 0.1) is 5.92 Å². The molecule has 1 aromatic rings. The van der Waals surface area contributed by atoms with Crippen LogP contribution >= 0.6 is 0 Å². The first-order valence-corrected chi connectivity index (χ1v) is 9.02. The number of fused-ring (bicyclic) bond motifs is 1. The van der Waals surface area contributed by atoms with Gasteiger partial charge in [0.25, 0.3) is 15.9 Å². The number of carbonyl (C=O) groups excluding carboxylic acids is 1. The van der Waals surface area contributed by atoms with Crippen LogP contribution in [0.15, 0.2) is 23.1 Å². The molecule has 0 radical (unpaired) electrons. The van der Waals surface area contributed by atoms with Crippen LogP contribution in [-0.4, -0.2) is 40.2 Å². The van der Waals surface area contributed by atoms with Gasteiger partial charge in [0.2, 0.25) is 0 Å². The summed E-state index contributed by atoms with van der Waals surface area (Å²) in [5, 5.41) is 0. The predicted molar refractivity (Wildman–Crippen MR) is 80.9 cm³/mol. The van der Waals surface area contributed by atoms with Gasteiger partial charge in [0.05, 0.1) is 11.5 Å². The average molecular weight is 341 g/mol. The molecule has 0 bridgehead atoms. The largest absolute Gasteiger partial charge is 0.486 e. The Balaban J connectivity index is 1.66. The van der Waals surface area contributed by atoms with Gasteiger partial charge in [0.1, 0.15) is 19.3 Å². The zero-order valence-electron chi connectivity index (χ0n) is 12.8. The van der Waals surface area contributed by atoms with Crippen molar-refractivity contribution in [1.29, 1.82) is 0 Å². The maximum absolute atomic E-state index is 12.3.